The smallest absolute Gasteiger partial charge is 0.243 e. The lowest BCUT2D eigenvalue weighted by molar-refractivity contribution is -0.139. The van der Waals surface area contributed by atoms with E-state index in [1.165, 1.54) is 17.8 Å². The van der Waals surface area contributed by atoms with Gasteiger partial charge in [0.1, 0.15) is 11.9 Å². The summed E-state index contributed by atoms with van der Waals surface area (Å²) in [5.74, 6) is -0.378. The molecule has 1 N–H and O–H groups in total. The Balaban J connectivity index is 1.86. The summed E-state index contributed by atoms with van der Waals surface area (Å²) in [5, 5.41) is 3.32. The van der Waals surface area contributed by atoms with Crippen molar-refractivity contribution in [1.82, 2.24) is 10.2 Å². The number of hydrogen-bond acceptors (Lipinski definition) is 3. The van der Waals surface area contributed by atoms with Gasteiger partial charge in [0.25, 0.3) is 0 Å². The molecular formula is C29H32ClFN2O2S. The molecule has 7 heteroatoms. The molecule has 0 spiro atoms. The molecule has 1 unspecified atom stereocenters. The maximum absolute atomic E-state index is 14.2. The zero-order valence-electron chi connectivity index (χ0n) is 20.7. The zero-order chi connectivity index (χ0) is 25.9. The second-order valence-corrected chi connectivity index (χ2v) is 10.0. The topological polar surface area (TPSA) is 49.4 Å². The standard InChI is InChI=1S/C29H32ClFN2O2S/c1-3-16-32-29(35)27(17-22-11-5-4-6-12-22)33(18-23-13-8-7-10-21(23)2)28(34)20-36-19-24-25(30)14-9-15-26(24)31/h4-15,27H,3,16-20H2,1-2H3,(H,32,35). The predicted molar refractivity (Wildman–Crippen MR) is 147 cm³/mol. The van der Waals surface area contributed by atoms with Crippen molar-refractivity contribution in [3.8, 4) is 0 Å². The number of nitrogens with zero attached hydrogens (tertiary/aromatic N) is 1. The van der Waals surface area contributed by atoms with Crippen molar-refractivity contribution < 1.29 is 14.0 Å². The molecule has 190 valence electrons. The van der Waals surface area contributed by atoms with Gasteiger partial charge in [0, 0.05) is 35.8 Å². The first-order valence-electron chi connectivity index (χ1n) is 12.1. The van der Waals surface area contributed by atoms with E-state index in [2.05, 4.69) is 5.32 Å². The van der Waals surface area contributed by atoms with E-state index >= 15 is 0 Å². The molecule has 0 saturated carbocycles. The molecular weight excluding hydrogens is 495 g/mol. The molecule has 2 amide bonds. The van der Waals surface area contributed by atoms with E-state index in [0.717, 1.165) is 23.1 Å². The number of amides is 2. The lowest BCUT2D eigenvalue weighted by atomic mass is 10.0. The molecule has 3 rings (SSSR count). The summed E-state index contributed by atoms with van der Waals surface area (Å²) < 4.78 is 14.2. The van der Waals surface area contributed by atoms with Crippen molar-refractivity contribution in [1.29, 1.82) is 0 Å². The average Bonchev–Trinajstić information content (AvgIpc) is 2.88. The fraction of sp³-hybridized carbons (Fsp3) is 0.310. The van der Waals surface area contributed by atoms with Crippen molar-refractivity contribution in [3.63, 3.8) is 0 Å². The summed E-state index contributed by atoms with van der Waals surface area (Å²) in [4.78, 5) is 28.6. The van der Waals surface area contributed by atoms with Crippen LogP contribution in [-0.2, 0) is 28.3 Å². The van der Waals surface area contributed by atoms with Crippen molar-refractivity contribution in [2.75, 3.05) is 12.3 Å². The summed E-state index contributed by atoms with van der Waals surface area (Å²) in [6.45, 7) is 4.84. The highest BCUT2D eigenvalue weighted by molar-refractivity contribution is 7.99. The normalized spacial score (nSPS) is 11.7. The van der Waals surface area contributed by atoms with Gasteiger partial charge < -0.3 is 10.2 Å². The van der Waals surface area contributed by atoms with Crippen LogP contribution in [0.15, 0.2) is 72.8 Å². The van der Waals surface area contributed by atoms with Gasteiger partial charge in [-0.25, -0.2) is 4.39 Å². The third-order valence-corrected chi connectivity index (χ3v) is 7.25. The molecule has 0 heterocycles. The van der Waals surface area contributed by atoms with E-state index in [9.17, 15) is 14.0 Å². The van der Waals surface area contributed by atoms with E-state index in [1.807, 2.05) is 68.4 Å². The van der Waals surface area contributed by atoms with Crippen LogP contribution in [0.1, 0.15) is 35.6 Å². The first kappa shape index (κ1) is 27.8. The molecule has 0 fully saturated rings. The Morgan fingerprint density at radius 1 is 1.03 bits per heavy atom. The molecule has 0 aliphatic heterocycles. The number of aryl methyl sites for hydroxylation is 1. The predicted octanol–water partition coefficient (Wildman–Crippen LogP) is 6.19. The molecule has 0 aliphatic carbocycles. The zero-order valence-corrected chi connectivity index (χ0v) is 22.2. The summed E-state index contributed by atoms with van der Waals surface area (Å²) in [6.07, 6.45) is 1.20. The maximum Gasteiger partial charge on any atom is 0.243 e. The number of thioether (sulfide) groups is 1. The Morgan fingerprint density at radius 2 is 1.75 bits per heavy atom. The lowest BCUT2D eigenvalue weighted by Gasteiger charge is -2.32. The first-order valence-corrected chi connectivity index (χ1v) is 13.6. The van der Waals surface area contributed by atoms with Gasteiger partial charge in [0.2, 0.25) is 11.8 Å². The third-order valence-electron chi connectivity index (χ3n) is 5.96. The Bertz CT molecular complexity index is 1140. The van der Waals surface area contributed by atoms with Gasteiger partial charge in [-0.3, -0.25) is 9.59 Å². The summed E-state index contributed by atoms with van der Waals surface area (Å²) in [5.41, 5.74) is 3.38. The minimum atomic E-state index is -0.677. The third kappa shape index (κ3) is 7.84. The lowest BCUT2D eigenvalue weighted by Crippen LogP contribution is -2.51. The molecule has 0 radical (unpaired) electrons. The molecule has 1 atom stereocenters. The largest absolute Gasteiger partial charge is 0.354 e. The van der Waals surface area contributed by atoms with Crippen LogP contribution in [0, 0.1) is 12.7 Å². The van der Waals surface area contributed by atoms with Gasteiger partial charge in [-0.1, -0.05) is 79.2 Å². The molecule has 0 bridgehead atoms. The maximum atomic E-state index is 14.2. The number of rotatable bonds is 12. The number of hydrogen-bond donors (Lipinski definition) is 1. The van der Waals surface area contributed by atoms with E-state index in [4.69, 9.17) is 11.6 Å². The Labute approximate surface area is 222 Å². The molecule has 0 aromatic heterocycles. The van der Waals surface area contributed by atoms with Gasteiger partial charge in [-0.2, -0.15) is 0 Å². The van der Waals surface area contributed by atoms with Gasteiger partial charge in [-0.05, 0) is 42.2 Å². The van der Waals surface area contributed by atoms with Crippen molar-refractivity contribution >= 4 is 35.2 Å². The van der Waals surface area contributed by atoms with Gasteiger partial charge in [0.05, 0.1) is 5.75 Å². The Kier molecular flexibility index (Phi) is 10.8. The van der Waals surface area contributed by atoms with Gasteiger partial charge in [0.15, 0.2) is 0 Å². The van der Waals surface area contributed by atoms with E-state index in [1.54, 1.807) is 17.0 Å². The first-order chi connectivity index (χ1) is 17.4. The Morgan fingerprint density at radius 3 is 2.44 bits per heavy atom. The Hall–Kier alpha value is -2.83. The van der Waals surface area contributed by atoms with Gasteiger partial charge >= 0.3 is 0 Å². The number of halogens is 2. The quantitative estimate of drug-likeness (QED) is 0.306. The van der Waals surface area contributed by atoms with Gasteiger partial charge in [-0.15, -0.1) is 11.8 Å². The van der Waals surface area contributed by atoms with E-state index in [-0.39, 0.29) is 29.1 Å². The number of carbonyl (C=O) groups is 2. The summed E-state index contributed by atoms with van der Waals surface area (Å²) in [7, 11) is 0. The van der Waals surface area contributed by atoms with Crippen LogP contribution < -0.4 is 5.32 Å². The van der Waals surface area contributed by atoms with Crippen molar-refractivity contribution in [3.05, 3.63) is 106 Å². The summed E-state index contributed by atoms with van der Waals surface area (Å²) >= 11 is 7.45. The van der Waals surface area contributed by atoms with Crippen LogP contribution in [0.5, 0.6) is 0 Å². The van der Waals surface area contributed by atoms with Crippen LogP contribution in [0.25, 0.3) is 0 Å². The highest BCUT2D eigenvalue weighted by atomic mass is 35.5. The molecule has 4 nitrogen and oxygen atoms in total. The second-order valence-electron chi connectivity index (χ2n) is 8.64. The number of nitrogens with one attached hydrogen (secondary N) is 1. The van der Waals surface area contributed by atoms with Crippen molar-refractivity contribution in [2.45, 2.75) is 45.0 Å². The van der Waals surface area contributed by atoms with E-state index in [0.29, 0.717) is 30.1 Å². The summed E-state index contributed by atoms with van der Waals surface area (Å²) in [6, 6.07) is 21.5. The molecule has 0 saturated heterocycles. The van der Waals surface area contributed by atoms with Crippen LogP contribution in [-0.4, -0.2) is 35.1 Å². The minimum absolute atomic E-state index is 0.100. The van der Waals surface area contributed by atoms with Crippen LogP contribution >= 0.6 is 23.4 Å². The molecule has 36 heavy (non-hydrogen) atoms. The second kappa shape index (κ2) is 14.0. The van der Waals surface area contributed by atoms with Crippen LogP contribution in [0.4, 0.5) is 4.39 Å². The fourth-order valence-electron chi connectivity index (χ4n) is 3.88. The van der Waals surface area contributed by atoms with Crippen LogP contribution in [0.2, 0.25) is 5.02 Å². The highest BCUT2D eigenvalue weighted by Gasteiger charge is 2.30. The van der Waals surface area contributed by atoms with Crippen LogP contribution in [0.3, 0.4) is 0 Å². The number of benzene rings is 3. The minimum Gasteiger partial charge on any atom is -0.354 e. The molecule has 3 aromatic rings. The number of carbonyl (C=O) groups excluding carboxylic acids is 2. The monoisotopic (exact) mass is 526 g/mol. The highest BCUT2D eigenvalue weighted by Crippen LogP contribution is 2.25. The molecule has 3 aromatic carbocycles. The van der Waals surface area contributed by atoms with E-state index < -0.39 is 6.04 Å². The SMILES string of the molecule is CCCNC(=O)C(Cc1ccccc1)N(Cc1ccccc1C)C(=O)CSCc1c(F)cccc1Cl. The van der Waals surface area contributed by atoms with Crippen molar-refractivity contribution in [2.24, 2.45) is 0 Å². The average molecular weight is 527 g/mol. The fourth-order valence-corrected chi connectivity index (χ4v) is 5.13. The molecule has 0 aliphatic rings.